The van der Waals surface area contributed by atoms with E-state index < -0.39 is 88.3 Å². The highest BCUT2D eigenvalue weighted by molar-refractivity contribution is 6.74. The van der Waals surface area contributed by atoms with E-state index in [-0.39, 0.29) is 90.5 Å². The maximum Gasteiger partial charge on any atom is 0.345 e. The minimum absolute atomic E-state index is 0.0178. The average molecular weight is 1450 g/mol. The third kappa shape index (κ3) is 18.7. The fraction of sp³-hybridized carbons (Fsp3) is 0.671. The van der Waals surface area contributed by atoms with Gasteiger partial charge in [-0.25, -0.2) is 5.43 Å². The van der Waals surface area contributed by atoms with Crippen LogP contribution in [0.25, 0.3) is 5.69 Å². The van der Waals surface area contributed by atoms with Crippen molar-refractivity contribution in [2.75, 3.05) is 6.54 Å². The Morgan fingerprint density at radius 1 is 0.824 bits per heavy atom. The van der Waals surface area contributed by atoms with Crippen molar-refractivity contribution in [2.24, 2.45) is 47.3 Å². The van der Waals surface area contributed by atoms with Gasteiger partial charge >= 0.3 is 12.0 Å². The zero-order valence-corrected chi connectivity index (χ0v) is 65.9. The Hall–Kier alpha value is -6.19. The van der Waals surface area contributed by atoms with Crippen molar-refractivity contribution >= 4 is 46.2 Å². The topological polar surface area (TPSA) is 245 Å². The monoisotopic (exact) mass is 1440 g/mol. The van der Waals surface area contributed by atoms with E-state index in [0.717, 1.165) is 67.5 Å². The molecule has 0 aliphatic carbocycles. The van der Waals surface area contributed by atoms with Crippen LogP contribution in [0.1, 0.15) is 181 Å². The van der Waals surface area contributed by atoms with E-state index in [9.17, 15) is 19.2 Å². The molecule has 6 aliphatic heterocycles. The normalized spacial score (nSPS) is 32.3. The number of benzene rings is 2. The Balaban J connectivity index is 0.964. The third-order valence-corrected chi connectivity index (χ3v) is 33.2. The van der Waals surface area contributed by atoms with Crippen LogP contribution in [0.4, 0.5) is 0 Å². The molecule has 102 heavy (non-hydrogen) atoms. The zero-order valence-electron chi connectivity index (χ0n) is 63.9. The van der Waals surface area contributed by atoms with Gasteiger partial charge in [-0.05, 0) is 159 Å². The smallest absolute Gasteiger partial charge is 0.345 e. The first-order chi connectivity index (χ1) is 48.8. The molecular weight excluding hydrogens is 1320 g/mol. The highest BCUT2D eigenvalue weighted by atomic mass is 28.4. The van der Waals surface area contributed by atoms with Gasteiger partial charge in [-0.3, -0.25) is 29.0 Å². The molecule has 5 fully saturated rings. The summed E-state index contributed by atoms with van der Waals surface area (Å²) in [5.74, 6) is -3.22. The lowest BCUT2D eigenvalue weighted by atomic mass is 9.69. The second-order valence-electron chi connectivity index (χ2n) is 30.7. The lowest BCUT2D eigenvalue weighted by molar-refractivity contribution is -0.344. The number of amides is 4. The van der Waals surface area contributed by atoms with Crippen LogP contribution in [-0.4, -0.2) is 144 Å². The van der Waals surface area contributed by atoms with Crippen LogP contribution in [0, 0.1) is 47.3 Å². The summed E-state index contributed by atoms with van der Waals surface area (Å²) in [4.78, 5) is 73.4. The van der Waals surface area contributed by atoms with Gasteiger partial charge in [0.15, 0.2) is 22.4 Å². The fourth-order valence-corrected chi connectivity index (χ4v) is 22.5. The van der Waals surface area contributed by atoms with Gasteiger partial charge in [-0.1, -0.05) is 175 Å². The summed E-state index contributed by atoms with van der Waals surface area (Å²) >= 11 is 0. The number of hydrogen-bond donors (Lipinski definition) is 4. The predicted octanol–water partition coefficient (Wildman–Crippen LogP) is 13.7. The van der Waals surface area contributed by atoms with Crippen LogP contribution in [0.3, 0.4) is 0 Å². The Bertz CT molecular complexity index is 3400. The first-order valence-corrected chi connectivity index (χ1v) is 43.7. The summed E-state index contributed by atoms with van der Waals surface area (Å²) in [6, 6.07) is 19.7. The molecule has 5 saturated heterocycles. The fourth-order valence-electron chi connectivity index (χ4n) is 16.5. The van der Waals surface area contributed by atoms with E-state index in [4.69, 9.17) is 32.5 Å². The Morgan fingerprint density at radius 3 is 2.25 bits per heavy atom. The molecule has 4 amide bonds. The standard InChI is InChI=1S/C79H121N9O12Si2/c1-17-59-47-54(12)79(82-72(59)89)57(15)70(100-102(21-5,22-6)23-7)56(14)68(97-79)50-67(99-101(18-2,19-3)20-4)53(11)36-28-24-27-35-52(10)65-42-31-26-32-43-66-55(13)71-62(44-45-78(16,96-66)98-71)73(90)81-69(51(8)9)74(91)80-64(75(92)87-46-34-41-63(84-87)76(93)95-65)49-58-37-33-40-61(48-58)94-77-83-85-86-88(77)60-38-29-25-30-39-60/h24-27,29-33,35,37-40,43,48,51,53-57,59,62-71,84H,17-23,28,34,36,41-42,44-47,49-50H2,1-16H3,(H,80,91)(H,81,90)(H,82,89)/b27-24+,31-26+,43-32-,52-35+/t53-,54-,55-,56-,57-,59-,62+,63-,64-,65-,66-,67-,68-,69-,70-,71+,78+,79+/m0/s1. The number of allylic oxidation sites excluding steroid dienone is 5. The molecule has 5 bridgehead atoms. The van der Waals surface area contributed by atoms with E-state index in [1.54, 1.807) is 18.2 Å². The Kier molecular flexibility index (Phi) is 28.0. The molecule has 9 rings (SSSR count). The first kappa shape index (κ1) is 79.9. The van der Waals surface area contributed by atoms with Gasteiger partial charge in [-0.2, -0.15) is 4.68 Å². The van der Waals surface area contributed by atoms with E-state index in [2.05, 4.69) is 125 Å². The summed E-state index contributed by atoms with van der Waals surface area (Å²) in [5, 5.41) is 23.2. The number of carbonyl (C=O) groups excluding carboxylic acids is 5. The number of hydrazine groups is 1. The summed E-state index contributed by atoms with van der Waals surface area (Å²) in [5.41, 5.74) is 4.54. The lowest BCUT2D eigenvalue weighted by Crippen LogP contribution is -2.72. The van der Waals surface area contributed by atoms with Gasteiger partial charge in [0.2, 0.25) is 17.7 Å². The number of rotatable bonds is 25. The molecule has 23 heteroatoms. The third-order valence-electron chi connectivity index (χ3n) is 23.9. The Morgan fingerprint density at radius 2 is 1.55 bits per heavy atom. The molecule has 7 heterocycles. The average Bonchev–Trinajstić information content (AvgIpc) is 0.826. The lowest BCUT2D eigenvalue weighted by Gasteiger charge is -2.58. The van der Waals surface area contributed by atoms with Gasteiger partial charge in [0, 0.05) is 55.4 Å². The van der Waals surface area contributed by atoms with Crippen LogP contribution < -0.4 is 26.1 Å². The molecular formula is C79H121N9O12Si2. The van der Waals surface area contributed by atoms with Crippen LogP contribution in [-0.2, 0) is 58.2 Å². The van der Waals surface area contributed by atoms with Gasteiger partial charge < -0.3 is 48.5 Å². The summed E-state index contributed by atoms with van der Waals surface area (Å²) in [6.07, 6.45) is 18.3. The van der Waals surface area contributed by atoms with E-state index in [0.29, 0.717) is 55.5 Å². The number of cyclic esters (lactones) is 1. The van der Waals surface area contributed by atoms with E-state index in [1.165, 1.54) is 9.69 Å². The van der Waals surface area contributed by atoms with Gasteiger partial charge in [0.05, 0.1) is 42.1 Å². The number of esters is 1. The number of nitrogens with zero attached hydrogens (tertiary/aromatic N) is 5. The van der Waals surface area contributed by atoms with Crippen molar-refractivity contribution in [3.63, 3.8) is 0 Å². The molecule has 3 aromatic rings. The van der Waals surface area contributed by atoms with Crippen LogP contribution in [0.5, 0.6) is 11.8 Å². The quantitative estimate of drug-likeness (QED) is 0.0350. The van der Waals surface area contributed by atoms with Crippen LogP contribution >= 0.6 is 0 Å². The first-order valence-electron chi connectivity index (χ1n) is 38.7. The molecule has 562 valence electrons. The minimum Gasteiger partial charge on any atom is -0.456 e. The van der Waals surface area contributed by atoms with Crippen molar-refractivity contribution in [1.82, 2.24) is 46.6 Å². The highest BCUT2D eigenvalue weighted by Gasteiger charge is 2.59. The maximum absolute atomic E-state index is 15.2. The molecule has 0 radical (unpaired) electrons. The zero-order chi connectivity index (χ0) is 73.7. The number of hydrogen-bond acceptors (Lipinski definition) is 16. The van der Waals surface area contributed by atoms with Crippen molar-refractivity contribution in [1.29, 1.82) is 0 Å². The summed E-state index contributed by atoms with van der Waals surface area (Å²) < 4.78 is 50.1. The maximum atomic E-state index is 15.2. The molecule has 0 saturated carbocycles. The number of ether oxygens (including phenoxy) is 5. The van der Waals surface area contributed by atoms with Gasteiger partial charge in [0.1, 0.15) is 35.7 Å². The molecule has 1 spiro atoms. The SMILES string of the molecule is CC[C@H]1C[C@H](C)[C@@]2(NC1=O)O[C@@H](C[C@H](O[Si](CC)(CC)CC)[C@@H](C)CC/C=C/C=C(\C)[C@@H]1C/C=C/C=C\[C@@H]3O[C@@]4(C)CC[C@@H](C(=O)N[C@@H](C(C)C)C(=O)N[C@@H](Cc5cccc(Oc6nnnn6-c6ccccc6)c5)C(=O)N5CCC[C@H](N5)C(=O)O1)[C@H](O4)[C@H]3C)[C@H](C)[C@H](O[Si](CC)(CC)CC)[C@@H]2C. The van der Waals surface area contributed by atoms with Crippen molar-refractivity contribution < 1.29 is 56.5 Å². The second kappa shape index (κ2) is 35.7. The molecule has 2 aromatic carbocycles. The molecule has 0 unspecified atom stereocenters. The molecule has 1 aromatic heterocycles. The second-order valence-corrected chi connectivity index (χ2v) is 40.2. The highest BCUT2D eigenvalue weighted by Crippen LogP contribution is 2.50. The number of tetrazole rings is 1. The predicted molar refractivity (Wildman–Crippen MR) is 400 cm³/mol. The number of nitrogens with one attached hydrogen (secondary N) is 4. The number of aromatic nitrogens is 4. The number of para-hydroxylation sites is 1. The number of fused-ring (bicyclic) bond motifs is 4. The van der Waals surface area contributed by atoms with Gasteiger partial charge in [-0.15, -0.1) is 0 Å². The van der Waals surface area contributed by atoms with Crippen LogP contribution in [0.15, 0.2) is 103 Å². The van der Waals surface area contributed by atoms with E-state index in [1.807, 2.05) is 101 Å². The molecule has 6 aliphatic rings. The van der Waals surface area contributed by atoms with Crippen molar-refractivity contribution in [2.45, 2.75) is 284 Å². The summed E-state index contributed by atoms with van der Waals surface area (Å²) in [6.45, 7) is 34.9. The van der Waals surface area contributed by atoms with Crippen molar-refractivity contribution in [3.8, 4) is 17.4 Å². The largest absolute Gasteiger partial charge is 0.456 e. The molecule has 21 nitrogen and oxygen atoms in total. The molecule has 4 N–H and O–H groups in total. The molecule has 18 atom stereocenters. The number of carbonyl (C=O) groups is 5. The number of piperidine rings is 1. The van der Waals surface area contributed by atoms with E-state index >= 15 is 4.79 Å². The minimum atomic E-state index is -2.13. The van der Waals surface area contributed by atoms with Gasteiger partial charge in [0.25, 0.3) is 5.91 Å². The Labute approximate surface area is 609 Å². The summed E-state index contributed by atoms with van der Waals surface area (Å²) in [7, 11) is -4.22. The van der Waals surface area contributed by atoms with Crippen LogP contribution in [0.2, 0.25) is 36.3 Å². The van der Waals surface area contributed by atoms with Crippen molar-refractivity contribution in [3.05, 3.63) is 108 Å².